The Morgan fingerprint density at radius 3 is 2.76 bits per heavy atom. The molecule has 2 N–H and O–H groups in total. The van der Waals surface area contributed by atoms with Crippen molar-refractivity contribution in [1.29, 1.82) is 0 Å². The summed E-state index contributed by atoms with van der Waals surface area (Å²) in [7, 11) is 0. The lowest BCUT2D eigenvalue weighted by Crippen LogP contribution is -2.14. The first-order valence-corrected chi connectivity index (χ1v) is 9.13. The topological polar surface area (TPSA) is 70.7 Å². The lowest BCUT2D eigenvalue weighted by molar-refractivity contribution is -0.113. The van der Waals surface area contributed by atoms with E-state index in [9.17, 15) is 4.79 Å². The molecule has 0 saturated carbocycles. The Morgan fingerprint density at radius 1 is 1.20 bits per heavy atom. The summed E-state index contributed by atoms with van der Waals surface area (Å²) in [5, 5.41) is 10.6. The van der Waals surface area contributed by atoms with Gasteiger partial charge in [0, 0.05) is 11.3 Å². The molecular weight excluding hydrogens is 332 g/mol. The van der Waals surface area contributed by atoms with Crippen LogP contribution in [0.5, 0.6) is 0 Å². The molecule has 1 heterocycles. The van der Waals surface area contributed by atoms with Gasteiger partial charge in [-0.1, -0.05) is 60.6 Å². The summed E-state index contributed by atoms with van der Waals surface area (Å²) in [6.07, 6.45) is 0.942. The number of rotatable bonds is 6. The highest BCUT2D eigenvalue weighted by Crippen LogP contribution is 2.20. The van der Waals surface area contributed by atoms with Crippen LogP contribution in [-0.4, -0.2) is 26.8 Å². The normalized spacial score (nSPS) is 10.6. The maximum atomic E-state index is 12.1. The predicted octanol–water partition coefficient (Wildman–Crippen LogP) is 4.07. The van der Waals surface area contributed by atoms with E-state index in [4.69, 9.17) is 0 Å². The molecule has 5 nitrogen and oxygen atoms in total. The molecule has 3 rings (SSSR count). The van der Waals surface area contributed by atoms with Gasteiger partial charge < -0.3 is 5.32 Å². The van der Waals surface area contributed by atoms with E-state index in [1.165, 1.54) is 22.9 Å². The van der Waals surface area contributed by atoms with Crippen LogP contribution in [0.4, 0.5) is 5.69 Å². The lowest BCUT2D eigenvalue weighted by Gasteiger charge is -2.05. The molecule has 6 heteroatoms. The van der Waals surface area contributed by atoms with Crippen molar-refractivity contribution in [1.82, 2.24) is 15.2 Å². The number of aromatic amines is 1. The number of benzene rings is 2. The average Bonchev–Trinajstić information content (AvgIpc) is 3.10. The monoisotopic (exact) mass is 352 g/mol. The fourth-order valence-corrected chi connectivity index (χ4v) is 2.95. The fourth-order valence-electron chi connectivity index (χ4n) is 2.35. The van der Waals surface area contributed by atoms with Gasteiger partial charge in [-0.15, -0.1) is 5.10 Å². The molecule has 0 aliphatic carbocycles. The summed E-state index contributed by atoms with van der Waals surface area (Å²) >= 11 is 1.31. The first-order chi connectivity index (χ1) is 12.1. The van der Waals surface area contributed by atoms with Crippen molar-refractivity contribution in [2.45, 2.75) is 25.4 Å². The van der Waals surface area contributed by atoms with E-state index in [1.54, 1.807) is 0 Å². The lowest BCUT2D eigenvalue weighted by atomic mass is 10.1. The number of carbonyl (C=O) groups is 1. The van der Waals surface area contributed by atoms with Gasteiger partial charge in [-0.3, -0.25) is 9.89 Å². The number of anilines is 1. The third-order valence-corrected chi connectivity index (χ3v) is 4.59. The van der Waals surface area contributed by atoms with Crippen molar-refractivity contribution < 1.29 is 4.79 Å². The Labute approximate surface area is 151 Å². The summed E-state index contributed by atoms with van der Waals surface area (Å²) in [6, 6.07) is 15.9. The molecule has 0 unspecified atom stereocenters. The number of nitrogens with zero attached hydrogens (tertiary/aromatic N) is 2. The highest BCUT2D eigenvalue weighted by molar-refractivity contribution is 7.99. The second-order valence-electron chi connectivity index (χ2n) is 5.72. The standard InChI is InChI=1S/C19H20N4OS/c1-3-14-5-4-6-16(11-14)20-17(24)12-25-19-21-18(22-23-19)15-9-7-13(2)8-10-15/h4-11H,3,12H2,1-2H3,(H,20,24)(H,21,22,23). The zero-order valence-electron chi connectivity index (χ0n) is 14.2. The minimum Gasteiger partial charge on any atom is -0.325 e. The van der Waals surface area contributed by atoms with Crippen molar-refractivity contribution in [3.63, 3.8) is 0 Å². The van der Waals surface area contributed by atoms with E-state index in [2.05, 4.69) is 27.4 Å². The second-order valence-corrected chi connectivity index (χ2v) is 6.67. The Morgan fingerprint density at radius 2 is 2.00 bits per heavy atom. The van der Waals surface area contributed by atoms with Gasteiger partial charge in [0.2, 0.25) is 11.1 Å². The number of carbonyl (C=O) groups excluding carboxylic acids is 1. The summed E-state index contributed by atoms with van der Waals surface area (Å²) in [5.74, 6) is 0.903. The molecule has 0 aliphatic rings. The van der Waals surface area contributed by atoms with Crippen LogP contribution in [0.2, 0.25) is 0 Å². The van der Waals surface area contributed by atoms with E-state index in [0.717, 1.165) is 17.7 Å². The third kappa shape index (κ3) is 4.70. The van der Waals surface area contributed by atoms with Crippen LogP contribution in [0.1, 0.15) is 18.1 Å². The number of H-pyrrole nitrogens is 1. The summed E-state index contributed by atoms with van der Waals surface area (Å²) < 4.78 is 0. The first kappa shape index (κ1) is 17.2. The minimum atomic E-state index is -0.0695. The quantitative estimate of drug-likeness (QED) is 0.656. The largest absolute Gasteiger partial charge is 0.325 e. The van der Waals surface area contributed by atoms with Crippen LogP contribution < -0.4 is 5.32 Å². The van der Waals surface area contributed by atoms with E-state index < -0.39 is 0 Å². The van der Waals surface area contributed by atoms with Crippen molar-refractivity contribution in [3.8, 4) is 11.4 Å². The minimum absolute atomic E-state index is 0.0695. The summed E-state index contributed by atoms with van der Waals surface area (Å²) in [5.41, 5.74) is 4.19. The number of hydrogen-bond acceptors (Lipinski definition) is 4. The van der Waals surface area contributed by atoms with Gasteiger partial charge in [-0.25, -0.2) is 4.98 Å². The molecular formula is C19H20N4OS. The van der Waals surface area contributed by atoms with Gasteiger partial charge >= 0.3 is 0 Å². The zero-order valence-corrected chi connectivity index (χ0v) is 15.1. The molecule has 0 bridgehead atoms. The number of nitrogens with one attached hydrogen (secondary N) is 2. The van der Waals surface area contributed by atoms with Gasteiger partial charge in [-0.2, -0.15) is 0 Å². The van der Waals surface area contributed by atoms with E-state index >= 15 is 0 Å². The van der Waals surface area contributed by atoms with Crippen molar-refractivity contribution in [2.75, 3.05) is 11.1 Å². The van der Waals surface area contributed by atoms with E-state index in [-0.39, 0.29) is 11.7 Å². The van der Waals surface area contributed by atoms with Gasteiger partial charge in [-0.05, 0) is 31.0 Å². The smallest absolute Gasteiger partial charge is 0.234 e. The predicted molar refractivity (Wildman–Crippen MR) is 102 cm³/mol. The van der Waals surface area contributed by atoms with E-state index in [0.29, 0.717) is 11.0 Å². The zero-order chi connectivity index (χ0) is 17.6. The molecule has 3 aromatic rings. The van der Waals surface area contributed by atoms with E-state index in [1.807, 2.05) is 55.5 Å². The molecule has 0 radical (unpaired) electrons. The molecule has 25 heavy (non-hydrogen) atoms. The molecule has 0 fully saturated rings. The number of aromatic nitrogens is 3. The van der Waals surface area contributed by atoms with Gasteiger partial charge in [0.1, 0.15) is 0 Å². The molecule has 0 spiro atoms. The van der Waals surface area contributed by atoms with Crippen LogP contribution in [0, 0.1) is 6.92 Å². The fraction of sp³-hybridized carbons (Fsp3) is 0.211. The molecule has 128 valence electrons. The maximum absolute atomic E-state index is 12.1. The Hall–Kier alpha value is -2.60. The number of amides is 1. The third-order valence-electron chi connectivity index (χ3n) is 3.74. The van der Waals surface area contributed by atoms with Gasteiger partial charge in [0.15, 0.2) is 5.82 Å². The van der Waals surface area contributed by atoms with Crippen molar-refractivity contribution >= 4 is 23.4 Å². The average molecular weight is 352 g/mol. The summed E-state index contributed by atoms with van der Waals surface area (Å²) in [4.78, 5) is 16.5. The highest BCUT2D eigenvalue weighted by Gasteiger charge is 2.09. The van der Waals surface area contributed by atoms with Crippen LogP contribution in [0.25, 0.3) is 11.4 Å². The Kier molecular flexibility index (Phi) is 5.50. The molecule has 2 aromatic carbocycles. The number of thioether (sulfide) groups is 1. The van der Waals surface area contributed by atoms with Crippen molar-refractivity contribution in [2.24, 2.45) is 0 Å². The SMILES string of the molecule is CCc1cccc(NC(=O)CSc2n[nH]c(-c3ccc(C)cc3)n2)c1. The maximum Gasteiger partial charge on any atom is 0.234 e. The summed E-state index contributed by atoms with van der Waals surface area (Å²) in [6.45, 7) is 4.13. The molecule has 0 aliphatic heterocycles. The van der Waals surface area contributed by atoms with Crippen LogP contribution in [-0.2, 0) is 11.2 Å². The Balaban J connectivity index is 1.56. The molecule has 0 saturated heterocycles. The highest BCUT2D eigenvalue weighted by atomic mass is 32.2. The molecule has 1 aromatic heterocycles. The van der Waals surface area contributed by atoms with Crippen LogP contribution in [0.15, 0.2) is 53.7 Å². The Bertz CT molecular complexity index is 858. The van der Waals surface area contributed by atoms with Crippen LogP contribution >= 0.6 is 11.8 Å². The van der Waals surface area contributed by atoms with Gasteiger partial charge in [0.05, 0.1) is 5.75 Å². The second kappa shape index (κ2) is 7.98. The number of aryl methyl sites for hydroxylation is 2. The first-order valence-electron chi connectivity index (χ1n) is 8.15. The van der Waals surface area contributed by atoms with Crippen LogP contribution in [0.3, 0.4) is 0 Å². The van der Waals surface area contributed by atoms with Gasteiger partial charge in [0.25, 0.3) is 0 Å². The van der Waals surface area contributed by atoms with Crippen molar-refractivity contribution in [3.05, 3.63) is 59.7 Å². The molecule has 1 amide bonds. The number of hydrogen-bond donors (Lipinski definition) is 2. The molecule has 0 atom stereocenters.